The Bertz CT molecular complexity index is 699. The van der Waals surface area contributed by atoms with Crippen molar-refractivity contribution in [2.45, 2.75) is 26.7 Å². The minimum atomic E-state index is -0.0602. The van der Waals surface area contributed by atoms with E-state index in [0.717, 1.165) is 25.1 Å². The smallest absolute Gasteiger partial charge is 0.277 e. The summed E-state index contributed by atoms with van der Waals surface area (Å²) in [7, 11) is 0. The first-order valence-electron chi connectivity index (χ1n) is 7.68. The lowest BCUT2D eigenvalue weighted by Crippen LogP contribution is -2.30. The van der Waals surface area contributed by atoms with E-state index in [-0.39, 0.29) is 5.91 Å². The van der Waals surface area contributed by atoms with Crippen molar-refractivity contribution in [3.8, 4) is 0 Å². The molecule has 0 atom stereocenters. The Morgan fingerprint density at radius 1 is 1.32 bits per heavy atom. The molecule has 1 aliphatic rings. The van der Waals surface area contributed by atoms with E-state index in [0.29, 0.717) is 23.9 Å². The lowest BCUT2D eigenvalue weighted by Gasteiger charge is -2.17. The Kier molecular flexibility index (Phi) is 4.04. The number of aromatic nitrogens is 2. The van der Waals surface area contributed by atoms with Crippen LogP contribution in [0.5, 0.6) is 0 Å². The second-order valence-corrected chi connectivity index (χ2v) is 5.45. The van der Waals surface area contributed by atoms with Crippen molar-refractivity contribution in [3.05, 3.63) is 47.4 Å². The van der Waals surface area contributed by atoms with Gasteiger partial charge in [0.05, 0.1) is 0 Å². The van der Waals surface area contributed by atoms with Crippen molar-refractivity contribution in [2.24, 2.45) is 0 Å². The third kappa shape index (κ3) is 2.79. The Morgan fingerprint density at radius 3 is 2.95 bits per heavy atom. The van der Waals surface area contributed by atoms with Crippen LogP contribution in [0, 0.1) is 6.92 Å². The summed E-state index contributed by atoms with van der Waals surface area (Å²) in [6.07, 6.45) is 1.90. The summed E-state index contributed by atoms with van der Waals surface area (Å²) in [4.78, 5) is 23.3. The van der Waals surface area contributed by atoms with E-state index in [4.69, 9.17) is 0 Å². The number of para-hydroxylation sites is 1. The molecule has 2 aromatic rings. The van der Waals surface area contributed by atoms with Gasteiger partial charge in [-0.05, 0) is 31.4 Å². The fourth-order valence-electron chi connectivity index (χ4n) is 2.71. The molecule has 0 aliphatic carbocycles. The van der Waals surface area contributed by atoms with Crippen molar-refractivity contribution < 1.29 is 4.79 Å². The maximum Gasteiger partial charge on any atom is 0.277 e. The minimum Gasteiger partial charge on any atom is -0.370 e. The number of hydrogen-bond donors (Lipinski definition) is 1. The van der Waals surface area contributed by atoms with Crippen LogP contribution in [0.15, 0.2) is 30.3 Å². The average molecular weight is 296 g/mol. The molecular formula is C17H20N4O. The van der Waals surface area contributed by atoms with Crippen LogP contribution in [-0.2, 0) is 6.42 Å². The molecule has 0 spiro atoms. The fourth-order valence-corrected chi connectivity index (χ4v) is 2.71. The molecule has 5 heteroatoms. The van der Waals surface area contributed by atoms with E-state index >= 15 is 0 Å². The number of nitrogens with one attached hydrogen (secondary N) is 1. The van der Waals surface area contributed by atoms with E-state index in [1.165, 1.54) is 5.56 Å². The predicted molar refractivity (Wildman–Crippen MR) is 87.4 cm³/mol. The largest absolute Gasteiger partial charge is 0.370 e. The molecule has 0 saturated heterocycles. The zero-order valence-corrected chi connectivity index (χ0v) is 13.0. The van der Waals surface area contributed by atoms with Gasteiger partial charge in [-0.1, -0.05) is 25.1 Å². The lowest BCUT2D eigenvalue weighted by molar-refractivity contribution is 0.0984. The molecule has 0 radical (unpaired) electrons. The van der Waals surface area contributed by atoms with Crippen LogP contribution in [0.4, 0.5) is 11.5 Å². The SMILES string of the molecule is CCCNc1cc(C(=O)N2CCc3ccccc32)nc(C)n1. The minimum absolute atomic E-state index is 0.0602. The first-order valence-corrected chi connectivity index (χ1v) is 7.68. The molecule has 0 fully saturated rings. The molecule has 5 nitrogen and oxygen atoms in total. The van der Waals surface area contributed by atoms with Gasteiger partial charge in [0.1, 0.15) is 17.3 Å². The highest BCUT2D eigenvalue weighted by molar-refractivity contribution is 6.06. The first-order chi connectivity index (χ1) is 10.7. The highest BCUT2D eigenvalue weighted by Gasteiger charge is 2.26. The van der Waals surface area contributed by atoms with Gasteiger partial charge in [0, 0.05) is 24.8 Å². The van der Waals surface area contributed by atoms with Crippen LogP contribution >= 0.6 is 0 Å². The fraction of sp³-hybridized carbons (Fsp3) is 0.353. The predicted octanol–water partition coefficient (Wildman–Crippen LogP) is 2.81. The van der Waals surface area contributed by atoms with Crippen LogP contribution in [0.25, 0.3) is 0 Å². The lowest BCUT2D eigenvalue weighted by atomic mass is 10.2. The summed E-state index contributed by atoms with van der Waals surface area (Å²) in [5.74, 6) is 1.26. The number of rotatable bonds is 4. The molecule has 0 unspecified atom stereocenters. The molecule has 0 saturated carbocycles. The Hall–Kier alpha value is -2.43. The van der Waals surface area contributed by atoms with Crippen molar-refractivity contribution >= 4 is 17.4 Å². The highest BCUT2D eigenvalue weighted by Crippen LogP contribution is 2.28. The van der Waals surface area contributed by atoms with Crippen molar-refractivity contribution in [3.63, 3.8) is 0 Å². The summed E-state index contributed by atoms with van der Waals surface area (Å²) < 4.78 is 0. The van der Waals surface area contributed by atoms with Crippen LogP contribution < -0.4 is 10.2 Å². The van der Waals surface area contributed by atoms with Crippen molar-refractivity contribution in [1.82, 2.24) is 9.97 Å². The van der Waals surface area contributed by atoms with Gasteiger partial charge in [-0.2, -0.15) is 0 Å². The van der Waals surface area contributed by atoms with Gasteiger partial charge in [-0.25, -0.2) is 9.97 Å². The second-order valence-electron chi connectivity index (χ2n) is 5.45. The Morgan fingerprint density at radius 2 is 2.14 bits per heavy atom. The third-order valence-electron chi connectivity index (χ3n) is 3.75. The van der Waals surface area contributed by atoms with Gasteiger partial charge in [-0.15, -0.1) is 0 Å². The molecule has 1 aromatic carbocycles. The van der Waals surface area contributed by atoms with E-state index in [9.17, 15) is 4.79 Å². The zero-order chi connectivity index (χ0) is 15.5. The van der Waals surface area contributed by atoms with Gasteiger partial charge in [0.2, 0.25) is 0 Å². The highest BCUT2D eigenvalue weighted by atomic mass is 16.2. The summed E-state index contributed by atoms with van der Waals surface area (Å²) in [6, 6.07) is 9.77. The van der Waals surface area contributed by atoms with E-state index in [1.54, 1.807) is 11.0 Å². The van der Waals surface area contributed by atoms with Crippen LogP contribution in [0.2, 0.25) is 0 Å². The van der Waals surface area contributed by atoms with Gasteiger partial charge in [0.15, 0.2) is 0 Å². The molecular weight excluding hydrogens is 276 g/mol. The molecule has 1 aliphatic heterocycles. The third-order valence-corrected chi connectivity index (χ3v) is 3.75. The molecule has 0 bridgehead atoms. The number of hydrogen-bond acceptors (Lipinski definition) is 4. The quantitative estimate of drug-likeness (QED) is 0.942. The van der Waals surface area contributed by atoms with Gasteiger partial charge in [0.25, 0.3) is 5.91 Å². The Labute approximate surface area is 130 Å². The number of benzene rings is 1. The number of anilines is 2. The number of amides is 1. The molecule has 1 aromatic heterocycles. The van der Waals surface area contributed by atoms with E-state index in [2.05, 4.69) is 28.3 Å². The number of nitrogens with zero attached hydrogens (tertiary/aromatic N) is 3. The van der Waals surface area contributed by atoms with Crippen LogP contribution in [0.1, 0.15) is 35.2 Å². The molecule has 1 N–H and O–H groups in total. The number of carbonyl (C=O) groups excluding carboxylic acids is 1. The van der Waals surface area contributed by atoms with E-state index in [1.807, 2.05) is 25.1 Å². The Balaban J connectivity index is 1.88. The van der Waals surface area contributed by atoms with Gasteiger partial charge >= 0.3 is 0 Å². The summed E-state index contributed by atoms with van der Waals surface area (Å²) in [6.45, 7) is 5.44. The summed E-state index contributed by atoms with van der Waals surface area (Å²) >= 11 is 0. The molecule has 3 rings (SSSR count). The van der Waals surface area contributed by atoms with E-state index < -0.39 is 0 Å². The van der Waals surface area contributed by atoms with Crippen molar-refractivity contribution in [1.29, 1.82) is 0 Å². The standard InChI is InChI=1S/C17H20N4O/c1-3-9-18-16-11-14(19-12(2)20-16)17(22)21-10-8-13-6-4-5-7-15(13)21/h4-7,11H,3,8-10H2,1-2H3,(H,18,19,20). The molecule has 2 heterocycles. The zero-order valence-electron chi connectivity index (χ0n) is 13.0. The molecule has 1 amide bonds. The number of carbonyl (C=O) groups is 1. The van der Waals surface area contributed by atoms with Crippen LogP contribution in [-0.4, -0.2) is 29.0 Å². The van der Waals surface area contributed by atoms with Gasteiger partial charge < -0.3 is 10.2 Å². The van der Waals surface area contributed by atoms with Gasteiger partial charge in [-0.3, -0.25) is 4.79 Å². The number of fused-ring (bicyclic) bond motifs is 1. The molecule has 114 valence electrons. The maximum atomic E-state index is 12.8. The maximum absolute atomic E-state index is 12.8. The topological polar surface area (TPSA) is 58.1 Å². The second kappa shape index (κ2) is 6.13. The monoisotopic (exact) mass is 296 g/mol. The average Bonchev–Trinajstić information content (AvgIpc) is 2.95. The number of aryl methyl sites for hydroxylation is 1. The summed E-state index contributed by atoms with van der Waals surface area (Å²) in [5, 5.41) is 3.22. The molecule has 22 heavy (non-hydrogen) atoms. The van der Waals surface area contributed by atoms with Crippen LogP contribution in [0.3, 0.4) is 0 Å². The first kappa shape index (κ1) is 14.5. The van der Waals surface area contributed by atoms with Crippen molar-refractivity contribution in [2.75, 3.05) is 23.3 Å². The summed E-state index contributed by atoms with van der Waals surface area (Å²) in [5.41, 5.74) is 2.65. The normalized spacial score (nSPS) is 13.1.